The number of nitrogens with one attached hydrogen (secondary N) is 1. The van der Waals surface area contributed by atoms with Gasteiger partial charge in [0.2, 0.25) is 0 Å². The van der Waals surface area contributed by atoms with Gasteiger partial charge in [0.05, 0.1) is 5.60 Å². The second-order valence-corrected chi connectivity index (χ2v) is 7.17. The zero-order chi connectivity index (χ0) is 16.7. The lowest BCUT2D eigenvalue weighted by Gasteiger charge is -2.17. The molecule has 1 aliphatic heterocycles. The fourth-order valence-electron chi connectivity index (χ4n) is 2.93. The highest BCUT2D eigenvalue weighted by Crippen LogP contribution is 2.14. The van der Waals surface area contributed by atoms with Crippen molar-refractivity contribution in [1.29, 1.82) is 0 Å². The lowest BCUT2D eigenvalue weighted by molar-refractivity contribution is 0.0714. The normalized spacial score (nSPS) is 15.8. The van der Waals surface area contributed by atoms with Crippen molar-refractivity contribution in [1.82, 2.24) is 10.2 Å². The van der Waals surface area contributed by atoms with Crippen molar-refractivity contribution in [2.45, 2.75) is 51.6 Å². The number of aryl methyl sites for hydroxylation is 1. The third-order valence-electron chi connectivity index (χ3n) is 4.35. The highest BCUT2D eigenvalue weighted by atomic mass is 16.3. The van der Waals surface area contributed by atoms with Crippen molar-refractivity contribution >= 4 is 5.91 Å². The molecule has 1 saturated heterocycles. The summed E-state index contributed by atoms with van der Waals surface area (Å²) < 4.78 is 0. The summed E-state index contributed by atoms with van der Waals surface area (Å²) in [6.07, 6.45) is 5.09. The Kier molecular flexibility index (Phi) is 6.60. The third kappa shape index (κ3) is 6.71. The molecule has 128 valence electrons. The van der Waals surface area contributed by atoms with E-state index in [1.54, 1.807) is 0 Å². The van der Waals surface area contributed by atoms with Crippen molar-refractivity contribution in [3.8, 4) is 0 Å². The maximum atomic E-state index is 12.2. The van der Waals surface area contributed by atoms with Crippen molar-refractivity contribution in [2.24, 2.45) is 0 Å². The molecule has 1 heterocycles. The van der Waals surface area contributed by atoms with Gasteiger partial charge < -0.3 is 15.3 Å². The van der Waals surface area contributed by atoms with Gasteiger partial charge in [-0.25, -0.2) is 0 Å². The van der Waals surface area contributed by atoms with Crippen molar-refractivity contribution in [3.05, 3.63) is 35.4 Å². The average molecular weight is 318 g/mol. The topological polar surface area (TPSA) is 52.6 Å². The number of hydrogen-bond acceptors (Lipinski definition) is 3. The molecule has 0 spiro atoms. The Morgan fingerprint density at radius 1 is 1.30 bits per heavy atom. The van der Waals surface area contributed by atoms with Gasteiger partial charge in [-0.2, -0.15) is 0 Å². The summed E-state index contributed by atoms with van der Waals surface area (Å²) in [6.45, 7) is 7.83. The predicted octanol–water partition coefficient (Wildman–Crippen LogP) is 2.61. The molecule has 2 rings (SSSR count). The van der Waals surface area contributed by atoms with Gasteiger partial charge in [0.25, 0.3) is 5.91 Å². The van der Waals surface area contributed by atoms with Crippen molar-refractivity contribution < 1.29 is 9.90 Å². The molecule has 1 amide bonds. The molecule has 1 aliphatic rings. The Hall–Kier alpha value is -1.39. The van der Waals surface area contributed by atoms with E-state index >= 15 is 0 Å². The number of aliphatic hydroxyl groups is 1. The lowest BCUT2D eigenvalue weighted by Crippen LogP contribution is -2.28. The summed E-state index contributed by atoms with van der Waals surface area (Å²) in [5, 5.41) is 12.8. The molecule has 0 bridgehead atoms. The molecule has 0 unspecified atom stereocenters. The van der Waals surface area contributed by atoms with Gasteiger partial charge in [-0.3, -0.25) is 4.79 Å². The molecular weight excluding hydrogens is 288 g/mol. The van der Waals surface area contributed by atoms with E-state index in [0.717, 1.165) is 31.5 Å². The van der Waals surface area contributed by atoms with E-state index in [1.807, 2.05) is 38.1 Å². The Labute approximate surface area is 139 Å². The molecule has 0 aromatic heterocycles. The number of carbonyl (C=O) groups excluding carboxylic acids is 1. The molecule has 0 aliphatic carbocycles. The molecule has 2 N–H and O–H groups in total. The minimum Gasteiger partial charge on any atom is -0.390 e. The summed E-state index contributed by atoms with van der Waals surface area (Å²) in [5.74, 6) is -0.00321. The molecule has 0 saturated carbocycles. The van der Waals surface area contributed by atoms with Crippen LogP contribution in [0, 0.1) is 0 Å². The minimum absolute atomic E-state index is 0.00321. The number of hydrogen-bond donors (Lipinski definition) is 2. The number of nitrogens with zero attached hydrogens (tertiary/aromatic N) is 1. The van der Waals surface area contributed by atoms with Gasteiger partial charge >= 0.3 is 0 Å². The fraction of sp³-hybridized carbons (Fsp3) is 0.632. The molecule has 1 fully saturated rings. The summed E-state index contributed by atoms with van der Waals surface area (Å²) in [6, 6.07) is 7.71. The predicted molar refractivity (Wildman–Crippen MR) is 93.7 cm³/mol. The quantitative estimate of drug-likeness (QED) is 0.725. The maximum absolute atomic E-state index is 12.2. The number of amides is 1. The highest BCUT2D eigenvalue weighted by molar-refractivity contribution is 5.94. The van der Waals surface area contributed by atoms with Gasteiger partial charge in [0, 0.05) is 12.1 Å². The molecule has 0 atom stereocenters. The van der Waals surface area contributed by atoms with E-state index in [2.05, 4.69) is 10.2 Å². The Bertz CT molecular complexity index is 502. The van der Waals surface area contributed by atoms with E-state index in [4.69, 9.17) is 0 Å². The van der Waals surface area contributed by atoms with E-state index in [9.17, 15) is 9.90 Å². The first-order valence-corrected chi connectivity index (χ1v) is 8.76. The van der Waals surface area contributed by atoms with Crippen LogP contribution in [0.15, 0.2) is 24.3 Å². The van der Waals surface area contributed by atoms with Crippen LogP contribution in [0.1, 0.15) is 55.5 Å². The molecule has 23 heavy (non-hydrogen) atoms. The minimum atomic E-state index is -0.673. The summed E-state index contributed by atoms with van der Waals surface area (Å²) in [5.41, 5.74) is 1.13. The van der Waals surface area contributed by atoms with Crippen LogP contribution in [0.5, 0.6) is 0 Å². The Morgan fingerprint density at radius 2 is 2.04 bits per heavy atom. The van der Waals surface area contributed by atoms with Crippen LogP contribution in [-0.2, 0) is 6.42 Å². The van der Waals surface area contributed by atoms with Crippen LogP contribution in [0.2, 0.25) is 0 Å². The first-order valence-electron chi connectivity index (χ1n) is 8.76. The van der Waals surface area contributed by atoms with Crippen LogP contribution < -0.4 is 5.32 Å². The van der Waals surface area contributed by atoms with E-state index in [-0.39, 0.29) is 5.91 Å². The van der Waals surface area contributed by atoms with Gasteiger partial charge in [-0.1, -0.05) is 12.1 Å². The second-order valence-electron chi connectivity index (χ2n) is 7.17. The number of carbonyl (C=O) groups is 1. The first-order chi connectivity index (χ1) is 10.9. The largest absolute Gasteiger partial charge is 0.390 e. The van der Waals surface area contributed by atoms with E-state index in [0.29, 0.717) is 12.0 Å². The molecule has 4 nitrogen and oxygen atoms in total. The second kappa shape index (κ2) is 8.46. The van der Waals surface area contributed by atoms with Crippen molar-refractivity contribution in [2.75, 3.05) is 26.2 Å². The average Bonchev–Trinajstić information content (AvgIpc) is 3.02. The van der Waals surface area contributed by atoms with Crippen LogP contribution >= 0.6 is 0 Å². The standard InChI is InChI=1S/C19H30N2O2/c1-19(2,23)10-9-16-7-5-8-17(15-16)18(22)20-11-6-14-21-12-3-4-13-21/h5,7-8,15,23H,3-4,6,9-14H2,1-2H3,(H,20,22). The van der Waals surface area contributed by atoms with Crippen LogP contribution in [0.25, 0.3) is 0 Å². The Morgan fingerprint density at radius 3 is 2.74 bits per heavy atom. The monoisotopic (exact) mass is 318 g/mol. The summed E-state index contributed by atoms with van der Waals surface area (Å²) in [4.78, 5) is 14.7. The van der Waals surface area contributed by atoms with Crippen molar-refractivity contribution in [3.63, 3.8) is 0 Å². The van der Waals surface area contributed by atoms with Gasteiger partial charge in [0.15, 0.2) is 0 Å². The van der Waals surface area contributed by atoms with E-state index in [1.165, 1.54) is 25.9 Å². The zero-order valence-corrected chi connectivity index (χ0v) is 14.5. The molecule has 1 aromatic carbocycles. The summed E-state index contributed by atoms with van der Waals surface area (Å²) >= 11 is 0. The van der Waals surface area contributed by atoms with Gasteiger partial charge in [-0.05, 0) is 83.3 Å². The fourth-order valence-corrected chi connectivity index (χ4v) is 2.93. The smallest absolute Gasteiger partial charge is 0.251 e. The van der Waals surface area contributed by atoms with Gasteiger partial charge in [0.1, 0.15) is 0 Å². The first kappa shape index (κ1) is 18.0. The molecule has 4 heteroatoms. The molecular formula is C19H30N2O2. The number of rotatable bonds is 8. The SMILES string of the molecule is CC(C)(O)CCc1cccc(C(=O)NCCCN2CCCC2)c1. The molecule has 1 aromatic rings. The number of benzene rings is 1. The van der Waals surface area contributed by atoms with Crippen LogP contribution in [-0.4, -0.2) is 47.7 Å². The molecule has 0 radical (unpaired) electrons. The highest BCUT2D eigenvalue weighted by Gasteiger charge is 2.13. The van der Waals surface area contributed by atoms with Gasteiger partial charge in [-0.15, -0.1) is 0 Å². The maximum Gasteiger partial charge on any atom is 0.251 e. The van der Waals surface area contributed by atoms with Crippen LogP contribution in [0.3, 0.4) is 0 Å². The zero-order valence-electron chi connectivity index (χ0n) is 14.5. The van der Waals surface area contributed by atoms with Crippen LogP contribution in [0.4, 0.5) is 0 Å². The third-order valence-corrected chi connectivity index (χ3v) is 4.35. The summed E-state index contributed by atoms with van der Waals surface area (Å²) in [7, 11) is 0. The lowest BCUT2D eigenvalue weighted by atomic mass is 9.98. The number of likely N-dealkylation sites (tertiary alicyclic amines) is 1. The van der Waals surface area contributed by atoms with E-state index < -0.39 is 5.60 Å². The Balaban J connectivity index is 1.75.